The summed E-state index contributed by atoms with van der Waals surface area (Å²) in [4.78, 5) is 2.92. The smallest absolute Gasteiger partial charge is 0.243 e. The lowest BCUT2D eigenvalue weighted by Gasteiger charge is -2.38. The summed E-state index contributed by atoms with van der Waals surface area (Å²) in [6, 6.07) is 30.3. The summed E-state index contributed by atoms with van der Waals surface area (Å²) >= 11 is 0. The highest BCUT2D eigenvalue weighted by molar-refractivity contribution is 7.89. The first kappa shape index (κ1) is 21.8. The topological polar surface area (TPSA) is 40.6 Å². The van der Waals surface area contributed by atoms with Crippen molar-refractivity contribution < 1.29 is 8.42 Å². The zero-order valence-electron chi connectivity index (χ0n) is 17.8. The fourth-order valence-electron chi connectivity index (χ4n) is 4.32. The second kappa shape index (κ2) is 10.2. The van der Waals surface area contributed by atoms with E-state index in [2.05, 4.69) is 53.4 Å². The number of piperidine rings is 1. The molecule has 1 aliphatic rings. The van der Waals surface area contributed by atoms with Crippen molar-refractivity contribution in [3.63, 3.8) is 0 Å². The number of benzene rings is 3. The summed E-state index contributed by atoms with van der Waals surface area (Å²) in [5.74, 6) is 0. The molecule has 0 amide bonds. The van der Waals surface area contributed by atoms with Gasteiger partial charge < -0.3 is 0 Å². The van der Waals surface area contributed by atoms with Gasteiger partial charge in [0.1, 0.15) is 0 Å². The van der Waals surface area contributed by atoms with E-state index in [0.29, 0.717) is 24.0 Å². The third-order valence-corrected chi connectivity index (χ3v) is 7.99. The predicted molar refractivity (Wildman–Crippen MR) is 125 cm³/mol. The van der Waals surface area contributed by atoms with Gasteiger partial charge in [0, 0.05) is 32.2 Å². The van der Waals surface area contributed by atoms with Crippen LogP contribution < -0.4 is 0 Å². The summed E-state index contributed by atoms with van der Waals surface area (Å²) in [6.07, 6.45) is 2.71. The third kappa shape index (κ3) is 5.62. The predicted octanol–water partition coefficient (Wildman–Crippen LogP) is 4.58. The number of sulfonamides is 1. The van der Waals surface area contributed by atoms with Crippen LogP contribution in [0.2, 0.25) is 0 Å². The Labute approximate surface area is 186 Å². The van der Waals surface area contributed by atoms with Crippen LogP contribution in [0.25, 0.3) is 0 Å². The van der Waals surface area contributed by atoms with E-state index in [1.807, 2.05) is 18.2 Å². The van der Waals surface area contributed by atoms with Gasteiger partial charge in [-0.3, -0.25) is 4.90 Å². The first-order valence-electron chi connectivity index (χ1n) is 11.0. The molecule has 0 bridgehead atoms. The van der Waals surface area contributed by atoms with Crippen LogP contribution in [0.3, 0.4) is 0 Å². The maximum atomic E-state index is 13.0. The molecule has 5 heteroatoms. The number of hydrogen-bond donors (Lipinski definition) is 0. The second-order valence-electron chi connectivity index (χ2n) is 8.14. The number of nitrogens with zero attached hydrogens (tertiary/aromatic N) is 2. The Bertz CT molecular complexity index is 1030. The quantitative estimate of drug-likeness (QED) is 0.521. The Morgan fingerprint density at radius 2 is 1.26 bits per heavy atom. The summed E-state index contributed by atoms with van der Waals surface area (Å²) in [7, 11) is -3.41. The average Bonchev–Trinajstić information content (AvgIpc) is 2.84. The molecule has 0 aromatic heterocycles. The summed E-state index contributed by atoms with van der Waals surface area (Å²) in [5.41, 5.74) is 2.64. The second-order valence-corrected chi connectivity index (χ2v) is 10.1. The van der Waals surface area contributed by atoms with Gasteiger partial charge in [0.05, 0.1) is 4.90 Å². The van der Waals surface area contributed by atoms with Gasteiger partial charge in [-0.2, -0.15) is 4.31 Å². The summed E-state index contributed by atoms with van der Waals surface area (Å²) in [5, 5.41) is 0. The fourth-order valence-corrected chi connectivity index (χ4v) is 5.81. The van der Waals surface area contributed by atoms with Crippen molar-refractivity contribution in [3.8, 4) is 0 Å². The van der Waals surface area contributed by atoms with Crippen LogP contribution in [0.5, 0.6) is 0 Å². The molecule has 0 spiro atoms. The first-order valence-corrected chi connectivity index (χ1v) is 12.4. The zero-order chi connectivity index (χ0) is 21.5. The molecule has 1 heterocycles. The van der Waals surface area contributed by atoms with E-state index in [1.165, 1.54) is 11.1 Å². The van der Waals surface area contributed by atoms with Crippen LogP contribution in [-0.4, -0.2) is 43.3 Å². The Kier molecular flexibility index (Phi) is 7.17. The summed E-state index contributed by atoms with van der Waals surface area (Å²) in [6.45, 7) is 3.00. The SMILES string of the molecule is O=S(=O)(c1ccccc1)N1CCC(N(CCc2ccccc2)Cc2ccccc2)CC1. The fraction of sp³-hybridized carbons (Fsp3) is 0.308. The van der Waals surface area contributed by atoms with Crippen molar-refractivity contribution in [2.45, 2.75) is 36.7 Å². The molecule has 0 saturated carbocycles. The standard InChI is InChI=1S/C26H30N2O2S/c29-31(30,26-14-8-3-9-15-26)28-20-17-25(18-21-28)27(22-24-12-6-2-7-13-24)19-16-23-10-4-1-5-11-23/h1-15,25H,16-22H2. The maximum absolute atomic E-state index is 13.0. The third-order valence-electron chi connectivity index (χ3n) is 6.08. The molecule has 0 atom stereocenters. The van der Waals surface area contributed by atoms with Crippen LogP contribution >= 0.6 is 0 Å². The molecule has 31 heavy (non-hydrogen) atoms. The van der Waals surface area contributed by atoms with Crippen LogP contribution in [0.1, 0.15) is 24.0 Å². The minimum atomic E-state index is -3.41. The molecule has 0 aliphatic carbocycles. The molecule has 162 valence electrons. The van der Waals surface area contributed by atoms with Crippen molar-refractivity contribution in [1.82, 2.24) is 9.21 Å². The van der Waals surface area contributed by atoms with E-state index in [-0.39, 0.29) is 0 Å². The Morgan fingerprint density at radius 3 is 1.84 bits per heavy atom. The molecule has 3 aromatic rings. The van der Waals surface area contributed by atoms with Gasteiger partial charge in [0.15, 0.2) is 0 Å². The largest absolute Gasteiger partial charge is 0.296 e. The van der Waals surface area contributed by atoms with Crippen LogP contribution in [-0.2, 0) is 23.0 Å². The molecule has 1 saturated heterocycles. The van der Waals surface area contributed by atoms with Crippen molar-refractivity contribution in [2.75, 3.05) is 19.6 Å². The normalized spacial score (nSPS) is 15.9. The van der Waals surface area contributed by atoms with Crippen molar-refractivity contribution in [3.05, 3.63) is 102 Å². The lowest BCUT2D eigenvalue weighted by molar-refractivity contribution is 0.133. The molecule has 0 radical (unpaired) electrons. The van der Waals surface area contributed by atoms with Crippen LogP contribution in [0.15, 0.2) is 95.9 Å². The number of hydrogen-bond acceptors (Lipinski definition) is 3. The lowest BCUT2D eigenvalue weighted by atomic mass is 10.0. The molecule has 4 nitrogen and oxygen atoms in total. The highest BCUT2D eigenvalue weighted by atomic mass is 32.2. The molecule has 1 fully saturated rings. The highest BCUT2D eigenvalue weighted by Gasteiger charge is 2.31. The van der Waals surface area contributed by atoms with Gasteiger partial charge >= 0.3 is 0 Å². The Balaban J connectivity index is 1.43. The van der Waals surface area contributed by atoms with E-state index in [0.717, 1.165) is 32.4 Å². The molecular weight excluding hydrogens is 404 g/mol. The highest BCUT2D eigenvalue weighted by Crippen LogP contribution is 2.24. The van der Waals surface area contributed by atoms with E-state index in [1.54, 1.807) is 28.6 Å². The zero-order valence-corrected chi connectivity index (χ0v) is 18.6. The Morgan fingerprint density at radius 1 is 0.742 bits per heavy atom. The van der Waals surface area contributed by atoms with Crippen LogP contribution in [0, 0.1) is 0 Å². The molecule has 1 aliphatic heterocycles. The van der Waals surface area contributed by atoms with E-state index in [9.17, 15) is 8.42 Å². The maximum Gasteiger partial charge on any atom is 0.243 e. The van der Waals surface area contributed by atoms with Crippen molar-refractivity contribution in [1.29, 1.82) is 0 Å². The van der Waals surface area contributed by atoms with Gasteiger partial charge in [-0.1, -0.05) is 78.9 Å². The monoisotopic (exact) mass is 434 g/mol. The minimum absolute atomic E-state index is 0.381. The van der Waals surface area contributed by atoms with Gasteiger partial charge in [-0.25, -0.2) is 8.42 Å². The molecule has 0 N–H and O–H groups in total. The van der Waals surface area contributed by atoms with Gasteiger partial charge in [-0.05, 0) is 42.5 Å². The Hall–Kier alpha value is -2.47. The average molecular weight is 435 g/mol. The number of rotatable bonds is 8. The van der Waals surface area contributed by atoms with Gasteiger partial charge in [0.25, 0.3) is 0 Å². The van der Waals surface area contributed by atoms with E-state index < -0.39 is 10.0 Å². The molecule has 0 unspecified atom stereocenters. The van der Waals surface area contributed by atoms with Gasteiger partial charge in [0.2, 0.25) is 10.0 Å². The van der Waals surface area contributed by atoms with Crippen molar-refractivity contribution in [2.24, 2.45) is 0 Å². The summed E-state index contributed by atoms with van der Waals surface area (Å²) < 4.78 is 27.6. The molecule has 4 rings (SSSR count). The van der Waals surface area contributed by atoms with Crippen LogP contribution in [0.4, 0.5) is 0 Å². The van der Waals surface area contributed by atoms with Crippen molar-refractivity contribution >= 4 is 10.0 Å². The van der Waals surface area contributed by atoms with E-state index >= 15 is 0 Å². The van der Waals surface area contributed by atoms with Gasteiger partial charge in [-0.15, -0.1) is 0 Å². The first-order chi connectivity index (χ1) is 15.1. The van der Waals surface area contributed by atoms with E-state index in [4.69, 9.17) is 0 Å². The molecular formula is C26H30N2O2S. The molecule has 3 aromatic carbocycles. The lowest BCUT2D eigenvalue weighted by Crippen LogP contribution is -2.47. The minimum Gasteiger partial charge on any atom is -0.296 e.